The van der Waals surface area contributed by atoms with E-state index in [-0.39, 0.29) is 34.0 Å². The van der Waals surface area contributed by atoms with Crippen molar-refractivity contribution in [2.75, 3.05) is 13.1 Å². The third kappa shape index (κ3) is 5.02. The van der Waals surface area contributed by atoms with E-state index < -0.39 is 15.7 Å². The van der Waals surface area contributed by atoms with Crippen molar-refractivity contribution in [1.29, 1.82) is 0 Å². The van der Waals surface area contributed by atoms with E-state index in [4.69, 9.17) is 8.94 Å². The zero-order valence-corrected chi connectivity index (χ0v) is 19.4. The van der Waals surface area contributed by atoms with Gasteiger partial charge in [0.25, 0.3) is 5.91 Å². The highest BCUT2D eigenvalue weighted by Gasteiger charge is 2.31. The molecule has 1 amide bonds. The van der Waals surface area contributed by atoms with Gasteiger partial charge in [-0.15, -0.1) is 0 Å². The van der Waals surface area contributed by atoms with Gasteiger partial charge in [-0.05, 0) is 49.2 Å². The van der Waals surface area contributed by atoms with E-state index in [9.17, 15) is 17.6 Å². The standard InChI is InChI=1S/C25H22FN3O5S/c26-19-8-4-6-17(14-19)23-27-24(34-28-23)18-7-5-13-29(15-18)25(30)22-12-11-20(33-22)16-35(31,32)21-9-2-1-3-10-21/h1-4,6,8-12,14,18H,5,7,13,15-16H2. The molecule has 1 atom stereocenters. The smallest absolute Gasteiger partial charge is 0.289 e. The first kappa shape index (κ1) is 23.0. The maximum atomic E-state index is 13.5. The molecule has 0 N–H and O–H groups in total. The summed E-state index contributed by atoms with van der Waals surface area (Å²) in [6.45, 7) is 0.876. The highest BCUT2D eigenvalue weighted by atomic mass is 32.2. The van der Waals surface area contributed by atoms with Crippen molar-refractivity contribution in [2.45, 2.75) is 29.4 Å². The fourth-order valence-corrected chi connectivity index (χ4v) is 5.40. The second-order valence-corrected chi connectivity index (χ2v) is 10.4. The predicted octanol–water partition coefficient (Wildman–Crippen LogP) is 4.46. The van der Waals surface area contributed by atoms with Crippen molar-refractivity contribution in [2.24, 2.45) is 0 Å². The monoisotopic (exact) mass is 495 g/mol. The molecule has 10 heteroatoms. The van der Waals surface area contributed by atoms with Crippen molar-refractivity contribution in [3.8, 4) is 11.4 Å². The van der Waals surface area contributed by atoms with Gasteiger partial charge in [-0.2, -0.15) is 4.98 Å². The van der Waals surface area contributed by atoms with Crippen LogP contribution < -0.4 is 0 Å². The largest absolute Gasteiger partial charge is 0.455 e. The molecule has 8 nitrogen and oxygen atoms in total. The molecule has 1 saturated heterocycles. The predicted molar refractivity (Wildman–Crippen MR) is 124 cm³/mol. The van der Waals surface area contributed by atoms with Crippen LogP contribution in [0.25, 0.3) is 11.4 Å². The number of aromatic nitrogens is 2. The van der Waals surface area contributed by atoms with E-state index in [2.05, 4.69) is 10.1 Å². The second-order valence-electron chi connectivity index (χ2n) is 8.39. The first-order valence-electron chi connectivity index (χ1n) is 11.1. The number of rotatable bonds is 6. The molecule has 3 heterocycles. The maximum Gasteiger partial charge on any atom is 0.289 e. The molecule has 1 aliphatic heterocycles. The molecule has 1 fully saturated rings. The molecule has 0 saturated carbocycles. The van der Waals surface area contributed by atoms with E-state index in [0.29, 0.717) is 30.4 Å². The number of benzene rings is 2. The Kier molecular flexibility index (Phi) is 6.21. The molecular formula is C25H22FN3O5S. The number of hydrogen-bond acceptors (Lipinski definition) is 7. The van der Waals surface area contributed by atoms with Crippen molar-refractivity contribution in [1.82, 2.24) is 15.0 Å². The summed E-state index contributed by atoms with van der Waals surface area (Å²) in [6, 6.07) is 17.0. The normalized spacial score (nSPS) is 16.4. The van der Waals surface area contributed by atoms with Gasteiger partial charge in [-0.3, -0.25) is 4.79 Å². The van der Waals surface area contributed by atoms with E-state index in [0.717, 1.165) is 12.8 Å². The summed E-state index contributed by atoms with van der Waals surface area (Å²) in [5, 5.41) is 3.96. The Morgan fingerprint density at radius 1 is 1.09 bits per heavy atom. The topological polar surface area (TPSA) is 107 Å². The highest BCUT2D eigenvalue weighted by molar-refractivity contribution is 7.90. The average molecular weight is 496 g/mol. The molecule has 0 radical (unpaired) electrons. The molecular weight excluding hydrogens is 473 g/mol. The van der Waals surface area contributed by atoms with Crippen LogP contribution in [0.15, 0.2) is 80.6 Å². The maximum absolute atomic E-state index is 13.5. The Morgan fingerprint density at radius 3 is 2.71 bits per heavy atom. The molecule has 0 aliphatic carbocycles. The van der Waals surface area contributed by atoms with Crippen LogP contribution in [0.5, 0.6) is 0 Å². The number of halogens is 1. The fourth-order valence-electron chi connectivity index (χ4n) is 4.13. The van der Waals surface area contributed by atoms with Gasteiger partial charge >= 0.3 is 0 Å². The number of likely N-dealkylation sites (tertiary alicyclic amines) is 1. The van der Waals surface area contributed by atoms with Gasteiger partial charge in [0.15, 0.2) is 15.6 Å². The SMILES string of the molecule is O=C(c1ccc(CS(=O)(=O)c2ccccc2)o1)N1CCCC(c2nc(-c3cccc(F)c3)no2)C1. The van der Waals surface area contributed by atoms with E-state index in [1.54, 1.807) is 35.2 Å². The molecule has 180 valence electrons. The number of furan rings is 1. The Bertz CT molecular complexity index is 1450. The first-order chi connectivity index (χ1) is 16.9. The molecule has 4 aromatic rings. The van der Waals surface area contributed by atoms with Crippen LogP contribution in [-0.2, 0) is 15.6 Å². The molecule has 2 aromatic carbocycles. The third-order valence-corrected chi connectivity index (χ3v) is 7.54. The number of hydrogen-bond donors (Lipinski definition) is 0. The minimum Gasteiger partial charge on any atom is -0.455 e. The lowest BCUT2D eigenvalue weighted by molar-refractivity contribution is 0.0662. The second kappa shape index (κ2) is 9.46. The summed E-state index contributed by atoms with van der Waals surface area (Å²) >= 11 is 0. The highest BCUT2D eigenvalue weighted by Crippen LogP contribution is 2.29. The number of piperidine rings is 1. The van der Waals surface area contributed by atoms with Crippen LogP contribution in [0, 0.1) is 5.82 Å². The summed E-state index contributed by atoms with van der Waals surface area (Å²) in [4.78, 5) is 19.3. The third-order valence-electron chi connectivity index (χ3n) is 5.89. The number of amides is 1. The van der Waals surface area contributed by atoms with Gasteiger partial charge in [0.05, 0.1) is 10.8 Å². The van der Waals surface area contributed by atoms with Crippen LogP contribution in [0.1, 0.15) is 41.0 Å². The molecule has 0 spiro atoms. The Labute approximate surface area is 201 Å². The Hall–Kier alpha value is -3.79. The van der Waals surface area contributed by atoms with Gasteiger partial charge in [0.2, 0.25) is 11.7 Å². The summed E-state index contributed by atoms with van der Waals surface area (Å²) in [6.07, 6.45) is 1.48. The summed E-state index contributed by atoms with van der Waals surface area (Å²) in [5.41, 5.74) is 0.511. The van der Waals surface area contributed by atoms with Crippen LogP contribution >= 0.6 is 0 Å². The number of carbonyl (C=O) groups excluding carboxylic acids is 1. The van der Waals surface area contributed by atoms with Crippen molar-refractivity contribution >= 4 is 15.7 Å². The average Bonchev–Trinajstić information content (AvgIpc) is 3.54. The van der Waals surface area contributed by atoms with Crippen LogP contribution in [0.2, 0.25) is 0 Å². The van der Waals surface area contributed by atoms with Gasteiger partial charge in [-0.25, -0.2) is 12.8 Å². The molecule has 35 heavy (non-hydrogen) atoms. The number of nitrogens with zero attached hydrogens (tertiary/aromatic N) is 3. The lowest BCUT2D eigenvalue weighted by atomic mass is 9.97. The van der Waals surface area contributed by atoms with Crippen molar-refractivity contribution in [3.63, 3.8) is 0 Å². The Balaban J connectivity index is 1.27. The fraction of sp³-hybridized carbons (Fsp3) is 0.240. The molecule has 1 unspecified atom stereocenters. The van der Waals surface area contributed by atoms with Crippen LogP contribution in [0.4, 0.5) is 4.39 Å². The van der Waals surface area contributed by atoms with Crippen molar-refractivity contribution < 1.29 is 26.5 Å². The van der Waals surface area contributed by atoms with E-state index in [1.807, 2.05) is 0 Å². The van der Waals surface area contributed by atoms with Crippen LogP contribution in [-0.4, -0.2) is 42.5 Å². The summed E-state index contributed by atoms with van der Waals surface area (Å²) in [5.74, 6) is -0.278. The van der Waals surface area contributed by atoms with Gasteiger partial charge < -0.3 is 13.8 Å². The zero-order valence-electron chi connectivity index (χ0n) is 18.6. The lowest BCUT2D eigenvalue weighted by Gasteiger charge is -2.30. The number of sulfone groups is 1. The number of carbonyl (C=O) groups is 1. The lowest BCUT2D eigenvalue weighted by Crippen LogP contribution is -2.39. The minimum atomic E-state index is -3.59. The molecule has 2 aromatic heterocycles. The summed E-state index contributed by atoms with van der Waals surface area (Å²) in [7, 11) is -3.59. The summed E-state index contributed by atoms with van der Waals surface area (Å²) < 4.78 is 49.8. The van der Waals surface area contributed by atoms with Crippen molar-refractivity contribution in [3.05, 3.63) is 90.0 Å². The quantitative estimate of drug-likeness (QED) is 0.389. The van der Waals surface area contributed by atoms with E-state index >= 15 is 0 Å². The molecule has 0 bridgehead atoms. The molecule has 1 aliphatic rings. The van der Waals surface area contributed by atoms with Crippen LogP contribution in [0.3, 0.4) is 0 Å². The molecule has 5 rings (SSSR count). The Morgan fingerprint density at radius 2 is 1.91 bits per heavy atom. The zero-order chi connectivity index (χ0) is 24.4. The minimum absolute atomic E-state index is 0.0786. The first-order valence-corrected chi connectivity index (χ1v) is 12.8. The van der Waals surface area contributed by atoms with E-state index in [1.165, 1.54) is 36.4 Å². The van der Waals surface area contributed by atoms with Gasteiger partial charge in [0.1, 0.15) is 17.3 Å². The van der Waals surface area contributed by atoms with Gasteiger partial charge in [0, 0.05) is 18.7 Å². The van der Waals surface area contributed by atoms with Gasteiger partial charge in [-0.1, -0.05) is 35.5 Å².